The fourth-order valence-electron chi connectivity index (χ4n) is 1.98. The Morgan fingerprint density at radius 1 is 0.733 bits per heavy atom. The lowest BCUT2D eigenvalue weighted by Crippen LogP contribution is -2.15. The summed E-state index contributed by atoms with van der Waals surface area (Å²) in [6.07, 6.45) is 11.1. The van der Waals surface area contributed by atoms with Crippen LogP contribution < -0.4 is 0 Å². The van der Waals surface area contributed by atoms with Crippen molar-refractivity contribution >= 4 is 9.04 Å². The van der Waals surface area contributed by atoms with Crippen molar-refractivity contribution in [3.8, 4) is 0 Å². The quantitative estimate of drug-likeness (QED) is 0.375. The van der Waals surface area contributed by atoms with E-state index >= 15 is 0 Å². The van der Waals surface area contributed by atoms with E-state index in [9.17, 15) is 0 Å². The summed E-state index contributed by atoms with van der Waals surface area (Å²) in [4.78, 5) is 0. The van der Waals surface area contributed by atoms with Gasteiger partial charge in [0.15, 0.2) is 9.04 Å². The SMILES string of the molecule is CCCCCC[SiH](CCCCCC)OC. The Bertz CT molecular complexity index is 105. The zero-order chi connectivity index (χ0) is 11.4. The molecular weight excluding hydrogens is 200 g/mol. The molecule has 1 nitrogen and oxygen atoms in total. The van der Waals surface area contributed by atoms with Crippen molar-refractivity contribution in [3.63, 3.8) is 0 Å². The molecule has 15 heavy (non-hydrogen) atoms. The van der Waals surface area contributed by atoms with Crippen molar-refractivity contribution in [2.45, 2.75) is 77.3 Å². The first-order valence-corrected chi connectivity index (χ1v) is 8.98. The molecule has 0 aliphatic heterocycles. The van der Waals surface area contributed by atoms with E-state index in [2.05, 4.69) is 13.8 Å². The molecule has 0 saturated heterocycles. The molecule has 0 unspecified atom stereocenters. The molecule has 0 aliphatic rings. The van der Waals surface area contributed by atoms with Crippen molar-refractivity contribution in [3.05, 3.63) is 0 Å². The molecule has 0 heterocycles. The van der Waals surface area contributed by atoms with Crippen molar-refractivity contribution < 1.29 is 4.43 Å². The molecule has 92 valence electrons. The van der Waals surface area contributed by atoms with Crippen LogP contribution in [0.25, 0.3) is 0 Å². The zero-order valence-corrected chi connectivity index (χ0v) is 12.2. The topological polar surface area (TPSA) is 9.23 Å². The summed E-state index contributed by atoms with van der Waals surface area (Å²) >= 11 is 0. The highest BCUT2D eigenvalue weighted by Crippen LogP contribution is 2.13. The van der Waals surface area contributed by atoms with Crippen LogP contribution >= 0.6 is 0 Å². The average Bonchev–Trinajstić information content (AvgIpc) is 2.27. The van der Waals surface area contributed by atoms with Crippen LogP contribution in [-0.2, 0) is 4.43 Å². The fraction of sp³-hybridized carbons (Fsp3) is 1.00. The van der Waals surface area contributed by atoms with Crippen LogP contribution in [0.4, 0.5) is 0 Å². The largest absolute Gasteiger partial charge is 0.423 e. The predicted octanol–water partition coefficient (Wildman–Crippen LogP) is 4.52. The number of rotatable bonds is 11. The third-order valence-corrected chi connectivity index (χ3v) is 5.86. The van der Waals surface area contributed by atoms with Crippen molar-refractivity contribution in [2.24, 2.45) is 0 Å². The van der Waals surface area contributed by atoms with Crippen LogP contribution in [0.1, 0.15) is 65.2 Å². The number of hydrogen-bond donors (Lipinski definition) is 0. The third-order valence-electron chi connectivity index (χ3n) is 3.09. The van der Waals surface area contributed by atoms with E-state index in [1.807, 2.05) is 7.11 Å². The average molecular weight is 230 g/mol. The Morgan fingerprint density at radius 2 is 1.20 bits per heavy atom. The van der Waals surface area contributed by atoms with Gasteiger partial charge >= 0.3 is 0 Å². The summed E-state index contributed by atoms with van der Waals surface area (Å²) in [7, 11) is 1.13. The minimum absolute atomic E-state index is 0.798. The highest BCUT2D eigenvalue weighted by atomic mass is 28.3. The molecule has 0 rings (SSSR count). The smallest absolute Gasteiger partial charge is 0.176 e. The molecule has 0 atom stereocenters. The summed E-state index contributed by atoms with van der Waals surface area (Å²) < 4.78 is 5.65. The van der Waals surface area contributed by atoms with Crippen molar-refractivity contribution in [1.82, 2.24) is 0 Å². The minimum Gasteiger partial charge on any atom is -0.423 e. The van der Waals surface area contributed by atoms with Gasteiger partial charge in [0, 0.05) is 7.11 Å². The zero-order valence-electron chi connectivity index (χ0n) is 11.1. The molecule has 2 heteroatoms. The first-order chi connectivity index (χ1) is 7.35. The molecule has 0 N–H and O–H groups in total. The van der Waals surface area contributed by atoms with E-state index in [-0.39, 0.29) is 0 Å². The van der Waals surface area contributed by atoms with E-state index in [1.165, 1.54) is 63.5 Å². The Balaban J connectivity index is 3.29. The maximum atomic E-state index is 5.65. The summed E-state index contributed by atoms with van der Waals surface area (Å²) in [5, 5.41) is 0. The summed E-state index contributed by atoms with van der Waals surface area (Å²) in [6.45, 7) is 4.55. The Kier molecular flexibility index (Phi) is 12.4. The van der Waals surface area contributed by atoms with Gasteiger partial charge in [0.1, 0.15) is 0 Å². The van der Waals surface area contributed by atoms with Crippen LogP contribution in [-0.4, -0.2) is 16.2 Å². The van der Waals surface area contributed by atoms with Gasteiger partial charge in [-0.1, -0.05) is 65.2 Å². The van der Waals surface area contributed by atoms with E-state index in [1.54, 1.807) is 0 Å². The lowest BCUT2D eigenvalue weighted by Gasteiger charge is -2.12. The molecule has 0 aromatic heterocycles. The molecular formula is C13H30OSi. The normalized spacial score (nSPS) is 11.2. The predicted molar refractivity (Wildman–Crippen MR) is 72.1 cm³/mol. The van der Waals surface area contributed by atoms with Gasteiger partial charge in [0.2, 0.25) is 0 Å². The third kappa shape index (κ3) is 10.5. The Hall–Kier alpha value is 0.177. The monoisotopic (exact) mass is 230 g/mol. The highest BCUT2D eigenvalue weighted by Gasteiger charge is 2.08. The van der Waals surface area contributed by atoms with Crippen molar-refractivity contribution in [2.75, 3.05) is 7.11 Å². The van der Waals surface area contributed by atoms with E-state index < -0.39 is 9.04 Å². The van der Waals surface area contributed by atoms with E-state index in [4.69, 9.17) is 4.43 Å². The van der Waals surface area contributed by atoms with Crippen LogP contribution in [0, 0.1) is 0 Å². The number of hydrogen-bond acceptors (Lipinski definition) is 1. The second kappa shape index (κ2) is 12.2. The Morgan fingerprint density at radius 3 is 1.53 bits per heavy atom. The number of unbranched alkanes of at least 4 members (excludes halogenated alkanes) is 6. The first-order valence-electron chi connectivity index (χ1n) is 6.87. The second-order valence-electron chi connectivity index (χ2n) is 4.56. The van der Waals surface area contributed by atoms with Gasteiger partial charge in [-0.15, -0.1) is 0 Å². The minimum atomic E-state index is -0.798. The lowest BCUT2D eigenvalue weighted by molar-refractivity contribution is 0.412. The molecule has 0 saturated carbocycles. The first kappa shape index (κ1) is 15.2. The molecule has 0 spiro atoms. The second-order valence-corrected chi connectivity index (χ2v) is 7.43. The van der Waals surface area contributed by atoms with Crippen LogP contribution in [0.5, 0.6) is 0 Å². The molecule has 0 radical (unpaired) electrons. The maximum Gasteiger partial charge on any atom is 0.176 e. The molecule has 0 aliphatic carbocycles. The van der Waals surface area contributed by atoms with Gasteiger partial charge in [0.25, 0.3) is 0 Å². The van der Waals surface area contributed by atoms with Gasteiger partial charge in [-0.3, -0.25) is 0 Å². The lowest BCUT2D eigenvalue weighted by atomic mass is 10.2. The molecule has 0 bridgehead atoms. The molecule has 0 aromatic rings. The van der Waals surface area contributed by atoms with Gasteiger partial charge in [-0.2, -0.15) is 0 Å². The van der Waals surface area contributed by atoms with Gasteiger partial charge < -0.3 is 4.43 Å². The summed E-state index contributed by atoms with van der Waals surface area (Å²) in [5.41, 5.74) is 0. The summed E-state index contributed by atoms with van der Waals surface area (Å²) in [6, 6.07) is 2.81. The fourth-order valence-corrected chi connectivity index (χ4v) is 4.23. The van der Waals surface area contributed by atoms with Crippen LogP contribution in [0.15, 0.2) is 0 Å². The van der Waals surface area contributed by atoms with E-state index in [0.29, 0.717) is 0 Å². The Labute approximate surface area is 98.3 Å². The van der Waals surface area contributed by atoms with Crippen LogP contribution in [0.3, 0.4) is 0 Å². The molecule has 0 fully saturated rings. The van der Waals surface area contributed by atoms with Gasteiger partial charge in [-0.05, 0) is 12.1 Å². The van der Waals surface area contributed by atoms with Crippen molar-refractivity contribution in [1.29, 1.82) is 0 Å². The van der Waals surface area contributed by atoms with Gasteiger partial charge in [-0.25, -0.2) is 0 Å². The maximum absolute atomic E-state index is 5.65. The summed E-state index contributed by atoms with van der Waals surface area (Å²) in [5.74, 6) is 0. The highest BCUT2D eigenvalue weighted by molar-refractivity contribution is 6.51. The van der Waals surface area contributed by atoms with Gasteiger partial charge in [0.05, 0.1) is 0 Å². The molecule has 0 aromatic carbocycles. The van der Waals surface area contributed by atoms with E-state index in [0.717, 1.165) is 0 Å². The van der Waals surface area contributed by atoms with Crippen LogP contribution in [0.2, 0.25) is 12.1 Å². The standard InChI is InChI=1S/C13H30OSi/c1-4-6-8-10-12-15(14-3)13-11-9-7-5-2/h15H,4-13H2,1-3H3. The molecule has 0 amide bonds.